The molecule has 2 heterocycles. The van der Waals surface area contributed by atoms with Crippen LogP contribution in [0.15, 0.2) is 158 Å². The molecule has 6 rings (SSSR count). The zero-order valence-corrected chi connectivity index (χ0v) is 21.8. The van der Waals surface area contributed by atoms with E-state index in [0.717, 1.165) is 27.9 Å². The van der Waals surface area contributed by atoms with Crippen molar-refractivity contribution in [3.8, 4) is 11.3 Å². The maximum atomic E-state index is 12.7. The van der Waals surface area contributed by atoms with Crippen molar-refractivity contribution in [1.29, 1.82) is 0 Å². The molecule has 0 amide bonds. The van der Waals surface area contributed by atoms with Gasteiger partial charge in [-0.25, -0.2) is 4.98 Å². The van der Waals surface area contributed by atoms with E-state index >= 15 is 0 Å². The Balaban J connectivity index is 1.49. The minimum absolute atomic E-state index is 0.0704. The molecule has 0 radical (unpaired) electrons. The summed E-state index contributed by atoms with van der Waals surface area (Å²) in [4.78, 5) is 22.2. The Kier molecular flexibility index (Phi) is 6.97. The lowest BCUT2D eigenvalue weighted by molar-refractivity contribution is 0.104. The summed E-state index contributed by atoms with van der Waals surface area (Å²) in [5.41, 5.74) is 5.65. The van der Waals surface area contributed by atoms with Crippen LogP contribution in [0.3, 0.4) is 0 Å². The molecule has 0 N–H and O–H groups in total. The zero-order chi connectivity index (χ0) is 27.2. The molecule has 0 aliphatic heterocycles. The third-order valence-corrected chi connectivity index (χ3v) is 7.11. The summed E-state index contributed by atoms with van der Waals surface area (Å²) in [6.45, 7) is 0. The SMILES string of the molecule is O=C(/C=C/c1ncccc1-c1cn(C(c2ccccc2)(c2ccccc2)c2ccccc2)cn1)c1ccccc1. The molecular formula is C36H27N3O. The third-order valence-electron chi connectivity index (χ3n) is 7.11. The van der Waals surface area contributed by atoms with Crippen LogP contribution in [0.25, 0.3) is 17.3 Å². The molecule has 0 atom stereocenters. The first-order chi connectivity index (χ1) is 19.8. The molecule has 0 aliphatic carbocycles. The van der Waals surface area contributed by atoms with E-state index in [1.165, 1.54) is 0 Å². The fraction of sp³-hybridized carbons (Fsp3) is 0.0278. The second-order valence-electron chi connectivity index (χ2n) is 9.47. The number of hydrogen-bond donors (Lipinski definition) is 0. The monoisotopic (exact) mass is 517 g/mol. The van der Waals surface area contributed by atoms with E-state index in [2.05, 4.69) is 88.5 Å². The number of carbonyl (C=O) groups is 1. The van der Waals surface area contributed by atoms with Crippen LogP contribution in [-0.4, -0.2) is 20.3 Å². The molecule has 0 saturated heterocycles. The fourth-order valence-corrected chi connectivity index (χ4v) is 5.25. The van der Waals surface area contributed by atoms with Crippen molar-refractivity contribution in [2.24, 2.45) is 0 Å². The third kappa shape index (κ3) is 4.67. The minimum Gasteiger partial charge on any atom is -0.318 e. The molecule has 2 aromatic heterocycles. The fourth-order valence-electron chi connectivity index (χ4n) is 5.25. The summed E-state index contributed by atoms with van der Waals surface area (Å²) in [5, 5.41) is 0. The topological polar surface area (TPSA) is 47.8 Å². The highest BCUT2D eigenvalue weighted by molar-refractivity contribution is 6.07. The molecule has 192 valence electrons. The van der Waals surface area contributed by atoms with Crippen molar-refractivity contribution in [3.63, 3.8) is 0 Å². The average Bonchev–Trinajstić information content (AvgIpc) is 3.53. The zero-order valence-electron chi connectivity index (χ0n) is 21.8. The van der Waals surface area contributed by atoms with Crippen molar-refractivity contribution >= 4 is 11.9 Å². The van der Waals surface area contributed by atoms with Crippen molar-refractivity contribution < 1.29 is 4.79 Å². The number of aromatic nitrogens is 3. The van der Waals surface area contributed by atoms with Gasteiger partial charge in [-0.05, 0) is 41.0 Å². The molecule has 4 nitrogen and oxygen atoms in total. The smallest absolute Gasteiger partial charge is 0.185 e. The second kappa shape index (κ2) is 11.2. The first-order valence-corrected chi connectivity index (χ1v) is 13.2. The van der Waals surface area contributed by atoms with Crippen molar-refractivity contribution in [1.82, 2.24) is 14.5 Å². The number of ketones is 1. The first kappa shape index (κ1) is 25.0. The molecule has 0 bridgehead atoms. The predicted molar refractivity (Wildman–Crippen MR) is 160 cm³/mol. The van der Waals surface area contributed by atoms with Gasteiger partial charge < -0.3 is 4.57 Å². The standard InChI is InChI=1S/C36H27N3O/c40-35(28-14-5-1-6-15-28)24-23-33-32(22-13-25-37-33)34-26-39(27-38-34)36(29-16-7-2-8-17-29,30-18-9-3-10-19-30)31-20-11-4-12-21-31/h1-27H/b24-23+. The number of pyridine rings is 1. The highest BCUT2D eigenvalue weighted by Crippen LogP contribution is 2.41. The normalized spacial score (nSPS) is 11.5. The molecule has 6 aromatic rings. The lowest BCUT2D eigenvalue weighted by Crippen LogP contribution is -2.36. The Morgan fingerprint density at radius 1 is 0.625 bits per heavy atom. The molecular weight excluding hydrogens is 490 g/mol. The van der Waals surface area contributed by atoms with Gasteiger partial charge >= 0.3 is 0 Å². The number of imidazole rings is 1. The maximum absolute atomic E-state index is 12.7. The molecule has 0 aliphatic rings. The number of hydrogen-bond acceptors (Lipinski definition) is 3. The van der Waals surface area contributed by atoms with Crippen LogP contribution in [0.5, 0.6) is 0 Å². The molecule has 40 heavy (non-hydrogen) atoms. The molecule has 0 saturated carbocycles. The molecule has 4 heteroatoms. The van der Waals surface area contributed by atoms with Gasteiger partial charge in [-0.15, -0.1) is 0 Å². The van der Waals surface area contributed by atoms with Gasteiger partial charge in [0.25, 0.3) is 0 Å². The molecule has 0 fully saturated rings. The lowest BCUT2D eigenvalue weighted by atomic mass is 9.77. The van der Waals surface area contributed by atoms with Crippen LogP contribution in [0.4, 0.5) is 0 Å². The van der Waals surface area contributed by atoms with Crippen molar-refractivity contribution in [2.75, 3.05) is 0 Å². The summed E-state index contributed by atoms with van der Waals surface area (Å²) >= 11 is 0. The number of benzene rings is 4. The summed E-state index contributed by atoms with van der Waals surface area (Å²) in [6.07, 6.45) is 9.02. The predicted octanol–water partition coefficient (Wildman–Crippen LogP) is 7.68. The average molecular weight is 518 g/mol. The maximum Gasteiger partial charge on any atom is 0.185 e. The molecule has 4 aromatic carbocycles. The summed E-state index contributed by atoms with van der Waals surface area (Å²) in [7, 11) is 0. The number of rotatable bonds is 8. The van der Waals surface area contributed by atoms with Crippen molar-refractivity contribution in [2.45, 2.75) is 5.54 Å². The lowest BCUT2D eigenvalue weighted by Gasteiger charge is -2.37. The van der Waals surface area contributed by atoms with Crippen LogP contribution in [-0.2, 0) is 5.54 Å². The van der Waals surface area contributed by atoms with E-state index in [0.29, 0.717) is 11.3 Å². The Morgan fingerprint density at radius 2 is 1.15 bits per heavy atom. The second-order valence-corrected chi connectivity index (χ2v) is 9.47. The van der Waals surface area contributed by atoms with Crippen LogP contribution in [0, 0.1) is 0 Å². The minimum atomic E-state index is -0.656. The van der Waals surface area contributed by atoms with Crippen LogP contribution in [0.2, 0.25) is 0 Å². The van der Waals surface area contributed by atoms with Gasteiger partial charge in [-0.3, -0.25) is 9.78 Å². The van der Waals surface area contributed by atoms with E-state index in [-0.39, 0.29) is 5.78 Å². The van der Waals surface area contributed by atoms with E-state index < -0.39 is 5.54 Å². The highest BCUT2D eigenvalue weighted by atomic mass is 16.1. The molecule has 0 unspecified atom stereocenters. The van der Waals surface area contributed by atoms with Gasteiger partial charge in [-0.2, -0.15) is 0 Å². The van der Waals surface area contributed by atoms with Crippen LogP contribution >= 0.6 is 0 Å². The Morgan fingerprint density at radius 3 is 1.70 bits per heavy atom. The Hall–Kier alpha value is -5.35. The Labute approximate surface area is 234 Å². The van der Waals surface area contributed by atoms with Gasteiger partial charge in [0.15, 0.2) is 5.78 Å². The number of allylic oxidation sites excluding steroid dienone is 1. The van der Waals surface area contributed by atoms with E-state index in [9.17, 15) is 4.79 Å². The van der Waals surface area contributed by atoms with Crippen LogP contribution < -0.4 is 0 Å². The van der Waals surface area contributed by atoms with Gasteiger partial charge in [0.05, 0.1) is 17.7 Å². The van der Waals surface area contributed by atoms with Crippen LogP contribution in [0.1, 0.15) is 32.7 Å². The van der Waals surface area contributed by atoms with E-state index in [1.807, 2.05) is 67.0 Å². The summed E-state index contributed by atoms with van der Waals surface area (Å²) in [5.74, 6) is -0.0704. The highest BCUT2D eigenvalue weighted by Gasteiger charge is 2.38. The quantitative estimate of drug-likeness (QED) is 0.118. The van der Waals surface area contributed by atoms with E-state index in [4.69, 9.17) is 4.98 Å². The number of carbonyl (C=O) groups excluding carboxylic acids is 1. The first-order valence-electron chi connectivity index (χ1n) is 13.2. The van der Waals surface area contributed by atoms with E-state index in [1.54, 1.807) is 18.3 Å². The Bertz CT molecular complexity index is 1650. The number of nitrogens with zero attached hydrogens (tertiary/aromatic N) is 3. The van der Waals surface area contributed by atoms with Gasteiger partial charge in [0, 0.05) is 23.5 Å². The summed E-state index contributed by atoms with van der Waals surface area (Å²) in [6, 6.07) is 44.6. The van der Waals surface area contributed by atoms with Gasteiger partial charge in [-0.1, -0.05) is 121 Å². The van der Waals surface area contributed by atoms with Gasteiger partial charge in [0.2, 0.25) is 0 Å². The largest absolute Gasteiger partial charge is 0.318 e. The molecule has 0 spiro atoms. The van der Waals surface area contributed by atoms with Crippen molar-refractivity contribution in [3.05, 3.63) is 186 Å². The van der Waals surface area contributed by atoms with Gasteiger partial charge in [0.1, 0.15) is 5.54 Å². The summed E-state index contributed by atoms with van der Waals surface area (Å²) < 4.78 is 2.18.